The van der Waals surface area contributed by atoms with Crippen molar-refractivity contribution in [2.75, 3.05) is 0 Å². The molecular weight excluding hydrogens is 240 g/mol. The summed E-state index contributed by atoms with van der Waals surface area (Å²) in [5.74, 6) is 11.9. The zero-order valence-electron chi connectivity index (χ0n) is 11.8. The van der Waals surface area contributed by atoms with Crippen LogP contribution < -0.4 is 0 Å². The summed E-state index contributed by atoms with van der Waals surface area (Å²) < 4.78 is 0. The maximum absolute atomic E-state index is 3.07. The summed E-state index contributed by atoms with van der Waals surface area (Å²) in [6, 6.07) is 18.4. The van der Waals surface area contributed by atoms with Crippen LogP contribution in [0.15, 0.2) is 54.6 Å². The van der Waals surface area contributed by atoms with Gasteiger partial charge in [-0.25, -0.2) is 0 Å². The zero-order chi connectivity index (χ0) is 14.0. The third-order valence-electron chi connectivity index (χ3n) is 3.02. The van der Waals surface area contributed by atoms with Gasteiger partial charge in [0.15, 0.2) is 0 Å². The largest absolute Gasteiger partial charge is 0.0654 e. The fourth-order valence-electron chi connectivity index (χ4n) is 1.86. The Morgan fingerprint density at radius 1 is 0.750 bits per heavy atom. The van der Waals surface area contributed by atoms with Gasteiger partial charge in [0, 0.05) is 11.1 Å². The fraction of sp³-hybridized carbons (Fsp3) is 0.200. The first-order valence-electron chi connectivity index (χ1n) is 7.04. The summed E-state index contributed by atoms with van der Waals surface area (Å²) in [5, 5.41) is 0. The van der Waals surface area contributed by atoms with Crippen molar-refractivity contribution in [2.24, 2.45) is 0 Å². The molecule has 0 fully saturated rings. The quantitative estimate of drug-likeness (QED) is 0.714. The van der Waals surface area contributed by atoms with Gasteiger partial charge in [-0.3, -0.25) is 0 Å². The molecule has 0 amide bonds. The van der Waals surface area contributed by atoms with E-state index in [0.717, 1.165) is 17.5 Å². The number of rotatable bonds is 3. The first-order valence-corrected chi connectivity index (χ1v) is 7.04. The third-order valence-corrected chi connectivity index (χ3v) is 3.02. The van der Waals surface area contributed by atoms with Crippen molar-refractivity contribution in [3.05, 3.63) is 71.3 Å². The minimum Gasteiger partial charge on any atom is -0.0654 e. The Balaban J connectivity index is 1.98. The van der Waals surface area contributed by atoms with E-state index in [9.17, 15) is 0 Å². The second-order valence-corrected chi connectivity index (χ2v) is 4.67. The molecule has 2 aromatic carbocycles. The number of benzene rings is 2. The normalized spacial score (nSPS) is 9.05. The van der Waals surface area contributed by atoms with E-state index in [2.05, 4.69) is 54.9 Å². The summed E-state index contributed by atoms with van der Waals surface area (Å²) in [5.41, 5.74) is 3.40. The van der Waals surface area contributed by atoms with Crippen LogP contribution in [0.5, 0.6) is 0 Å². The molecule has 0 aliphatic rings. The standard InChI is InChI=1S/C20H18/c1-2-3-9-19-14-16-20(17-15-19)13-8-7-12-18-10-5-4-6-11-18/h4-6,10-11,14-17H,2-3,9H2,1H3. The van der Waals surface area contributed by atoms with Gasteiger partial charge in [0.25, 0.3) is 0 Å². The lowest BCUT2D eigenvalue weighted by atomic mass is 10.1. The first-order chi connectivity index (χ1) is 9.88. The van der Waals surface area contributed by atoms with Gasteiger partial charge in [-0.15, -0.1) is 0 Å². The topological polar surface area (TPSA) is 0 Å². The van der Waals surface area contributed by atoms with E-state index in [1.807, 2.05) is 30.3 Å². The summed E-state index contributed by atoms with van der Waals surface area (Å²) in [4.78, 5) is 0. The number of aryl methyl sites for hydroxylation is 1. The van der Waals surface area contributed by atoms with E-state index in [1.165, 1.54) is 18.4 Å². The molecule has 0 spiro atoms. The summed E-state index contributed by atoms with van der Waals surface area (Å²) >= 11 is 0. The number of unbranched alkanes of at least 4 members (excludes halogenated alkanes) is 1. The van der Waals surface area contributed by atoms with Crippen LogP contribution in [0, 0.1) is 23.7 Å². The minimum absolute atomic E-state index is 0.997. The summed E-state index contributed by atoms with van der Waals surface area (Å²) in [6.45, 7) is 2.21. The SMILES string of the molecule is CCCCc1ccc(C#CC#Cc2ccccc2)cc1. The molecule has 0 unspecified atom stereocenters. The molecule has 0 saturated carbocycles. The fourth-order valence-corrected chi connectivity index (χ4v) is 1.86. The molecular formula is C20H18. The van der Waals surface area contributed by atoms with Crippen molar-refractivity contribution in [1.82, 2.24) is 0 Å². The number of hydrogen-bond donors (Lipinski definition) is 0. The Morgan fingerprint density at radius 2 is 1.35 bits per heavy atom. The van der Waals surface area contributed by atoms with Crippen LogP contribution in [-0.2, 0) is 6.42 Å². The van der Waals surface area contributed by atoms with Gasteiger partial charge in [-0.2, -0.15) is 0 Å². The van der Waals surface area contributed by atoms with E-state index in [-0.39, 0.29) is 0 Å². The van der Waals surface area contributed by atoms with Crippen LogP contribution >= 0.6 is 0 Å². The predicted octanol–water partition coefficient (Wildman–Crippen LogP) is 4.43. The molecule has 0 N–H and O–H groups in total. The highest BCUT2D eigenvalue weighted by Gasteiger charge is 1.91. The average molecular weight is 258 g/mol. The molecule has 0 aliphatic heterocycles. The third kappa shape index (κ3) is 4.68. The van der Waals surface area contributed by atoms with E-state index in [1.54, 1.807) is 0 Å². The van der Waals surface area contributed by atoms with Crippen LogP contribution in [0.4, 0.5) is 0 Å². The van der Waals surface area contributed by atoms with Crippen molar-refractivity contribution >= 4 is 0 Å². The molecule has 0 bridgehead atoms. The molecule has 0 saturated heterocycles. The summed E-state index contributed by atoms with van der Waals surface area (Å²) in [6.07, 6.45) is 3.63. The van der Waals surface area contributed by atoms with Crippen molar-refractivity contribution < 1.29 is 0 Å². The smallest absolute Gasteiger partial charge is 0.0255 e. The van der Waals surface area contributed by atoms with Crippen LogP contribution in [0.2, 0.25) is 0 Å². The highest BCUT2D eigenvalue weighted by atomic mass is 14.0. The van der Waals surface area contributed by atoms with E-state index in [4.69, 9.17) is 0 Å². The Kier molecular flexibility index (Phi) is 5.51. The Bertz CT molecular complexity index is 640. The van der Waals surface area contributed by atoms with Crippen LogP contribution in [0.1, 0.15) is 36.5 Å². The Hall–Kier alpha value is -2.44. The second-order valence-electron chi connectivity index (χ2n) is 4.67. The van der Waals surface area contributed by atoms with Gasteiger partial charge in [0.2, 0.25) is 0 Å². The van der Waals surface area contributed by atoms with Crippen LogP contribution in [-0.4, -0.2) is 0 Å². The Labute approximate surface area is 121 Å². The molecule has 98 valence electrons. The van der Waals surface area contributed by atoms with Crippen molar-refractivity contribution in [2.45, 2.75) is 26.2 Å². The first kappa shape index (κ1) is 14.0. The lowest BCUT2D eigenvalue weighted by Gasteiger charge is -1.98. The average Bonchev–Trinajstić information content (AvgIpc) is 2.52. The maximum Gasteiger partial charge on any atom is 0.0255 e. The van der Waals surface area contributed by atoms with Gasteiger partial charge >= 0.3 is 0 Å². The Morgan fingerprint density at radius 3 is 1.95 bits per heavy atom. The van der Waals surface area contributed by atoms with E-state index < -0.39 is 0 Å². The molecule has 0 aromatic heterocycles. The van der Waals surface area contributed by atoms with Gasteiger partial charge in [-0.05, 0) is 54.5 Å². The molecule has 0 heteroatoms. The van der Waals surface area contributed by atoms with Crippen LogP contribution in [0.3, 0.4) is 0 Å². The maximum atomic E-state index is 3.07. The molecule has 0 aliphatic carbocycles. The second kappa shape index (κ2) is 7.88. The molecule has 2 aromatic rings. The van der Waals surface area contributed by atoms with Crippen LogP contribution in [0.25, 0.3) is 0 Å². The highest BCUT2D eigenvalue weighted by molar-refractivity contribution is 5.44. The lowest BCUT2D eigenvalue weighted by Crippen LogP contribution is -1.84. The van der Waals surface area contributed by atoms with Gasteiger partial charge in [0.1, 0.15) is 0 Å². The lowest BCUT2D eigenvalue weighted by molar-refractivity contribution is 0.795. The van der Waals surface area contributed by atoms with Gasteiger partial charge < -0.3 is 0 Å². The monoisotopic (exact) mass is 258 g/mol. The van der Waals surface area contributed by atoms with Crippen molar-refractivity contribution in [3.63, 3.8) is 0 Å². The van der Waals surface area contributed by atoms with Crippen molar-refractivity contribution in [3.8, 4) is 23.7 Å². The summed E-state index contributed by atoms with van der Waals surface area (Å²) in [7, 11) is 0. The predicted molar refractivity (Wildman–Crippen MR) is 85.3 cm³/mol. The molecule has 0 atom stereocenters. The molecule has 2 rings (SSSR count). The zero-order valence-corrected chi connectivity index (χ0v) is 11.8. The van der Waals surface area contributed by atoms with E-state index in [0.29, 0.717) is 0 Å². The molecule has 0 radical (unpaired) electrons. The minimum atomic E-state index is 0.997. The molecule has 0 nitrogen and oxygen atoms in total. The molecule has 0 heterocycles. The van der Waals surface area contributed by atoms with Gasteiger partial charge in [-0.1, -0.05) is 55.5 Å². The van der Waals surface area contributed by atoms with E-state index >= 15 is 0 Å². The number of hydrogen-bond acceptors (Lipinski definition) is 0. The molecule has 20 heavy (non-hydrogen) atoms. The van der Waals surface area contributed by atoms with Crippen molar-refractivity contribution in [1.29, 1.82) is 0 Å². The highest BCUT2D eigenvalue weighted by Crippen LogP contribution is 2.06. The van der Waals surface area contributed by atoms with Gasteiger partial charge in [0.05, 0.1) is 0 Å².